The molecule has 0 aliphatic heterocycles. The van der Waals surface area contributed by atoms with Gasteiger partial charge in [0.15, 0.2) is 0 Å². The number of hydrogen-bond donors (Lipinski definition) is 6. The summed E-state index contributed by atoms with van der Waals surface area (Å²) in [5, 5.41) is 14.3. The second-order valence-corrected chi connectivity index (χ2v) is 16.3. The van der Waals surface area contributed by atoms with Crippen LogP contribution in [0.4, 0.5) is 17.1 Å². The smallest absolute Gasteiger partial charge is 0.272 e. The van der Waals surface area contributed by atoms with Crippen LogP contribution in [0.2, 0.25) is 0 Å². The molecule has 0 bridgehead atoms. The van der Waals surface area contributed by atoms with Gasteiger partial charge in [-0.15, -0.1) is 0 Å². The summed E-state index contributed by atoms with van der Waals surface area (Å²) in [6.07, 6.45) is 0. The molecule has 0 atom stereocenters. The minimum Gasteiger partial charge on any atom is -0.351 e. The number of carbonyl (C=O) groups is 3. The second kappa shape index (κ2) is 19.4. The van der Waals surface area contributed by atoms with Gasteiger partial charge in [0.05, 0.1) is 5.69 Å². The van der Waals surface area contributed by atoms with Gasteiger partial charge in [-0.1, -0.05) is 158 Å². The first-order chi connectivity index (χ1) is 32.7. The van der Waals surface area contributed by atoms with Crippen LogP contribution in [0.15, 0.2) is 200 Å². The van der Waals surface area contributed by atoms with Gasteiger partial charge in [-0.2, -0.15) is 0 Å². The number of rotatable bonds is 7. The first kappa shape index (κ1) is 43.3. The predicted octanol–water partition coefficient (Wildman–Crippen LogP) is 14.0. The SMILES string of the molecule is Cc1ccc2ccccc2c1NC(=O)c1cc2ccccc2[nH]1.Cc1cccc(C)c1NC(=O)c1cc2ccccc2[nH]1.O=C(Nc1ccccc1-c1ccccc1)c1cc2ccccc2[nH]1. The number of hydrogen-bond acceptors (Lipinski definition) is 3. The van der Waals surface area contributed by atoms with Gasteiger partial charge in [0.1, 0.15) is 17.1 Å². The van der Waals surface area contributed by atoms with E-state index in [4.69, 9.17) is 0 Å². The third-order valence-corrected chi connectivity index (χ3v) is 11.7. The Hall–Kier alpha value is -8.95. The zero-order valence-electron chi connectivity index (χ0n) is 37.3. The fourth-order valence-electron chi connectivity index (χ4n) is 8.16. The lowest BCUT2D eigenvalue weighted by molar-refractivity contribution is 0.101. The topological polar surface area (TPSA) is 135 Å². The normalized spacial score (nSPS) is 10.8. The van der Waals surface area contributed by atoms with Crippen molar-refractivity contribution in [2.45, 2.75) is 20.8 Å². The predicted molar refractivity (Wildman–Crippen MR) is 275 cm³/mol. The zero-order chi connectivity index (χ0) is 46.3. The highest BCUT2D eigenvalue weighted by Crippen LogP contribution is 2.30. The van der Waals surface area contributed by atoms with Crippen molar-refractivity contribution in [3.63, 3.8) is 0 Å². The van der Waals surface area contributed by atoms with E-state index in [2.05, 4.69) is 37.0 Å². The number of para-hydroxylation sites is 5. The number of carbonyl (C=O) groups excluding carboxylic acids is 3. The molecule has 328 valence electrons. The van der Waals surface area contributed by atoms with Crippen LogP contribution in [0, 0.1) is 20.8 Å². The Morgan fingerprint density at radius 3 is 1.31 bits per heavy atom. The van der Waals surface area contributed by atoms with Gasteiger partial charge in [0.25, 0.3) is 17.7 Å². The van der Waals surface area contributed by atoms with E-state index in [9.17, 15) is 14.4 Å². The van der Waals surface area contributed by atoms with Crippen LogP contribution < -0.4 is 16.0 Å². The van der Waals surface area contributed by atoms with E-state index in [0.29, 0.717) is 17.1 Å². The van der Waals surface area contributed by atoms with Crippen LogP contribution in [0.1, 0.15) is 48.2 Å². The molecule has 0 radical (unpaired) electrons. The average Bonchev–Trinajstić information content (AvgIpc) is 4.12. The highest BCUT2D eigenvalue weighted by molar-refractivity contribution is 6.11. The molecular formula is C58H48N6O3. The maximum Gasteiger partial charge on any atom is 0.272 e. The van der Waals surface area contributed by atoms with E-state index in [1.165, 1.54) is 0 Å². The third-order valence-electron chi connectivity index (χ3n) is 11.7. The quantitative estimate of drug-likeness (QED) is 0.0952. The van der Waals surface area contributed by atoms with Gasteiger partial charge >= 0.3 is 0 Å². The molecule has 0 spiro atoms. The molecule has 11 aromatic rings. The van der Waals surface area contributed by atoms with Crippen molar-refractivity contribution in [3.8, 4) is 11.1 Å². The zero-order valence-corrected chi connectivity index (χ0v) is 37.3. The van der Waals surface area contributed by atoms with Crippen LogP contribution in [-0.2, 0) is 0 Å². The molecule has 8 aromatic carbocycles. The van der Waals surface area contributed by atoms with Gasteiger partial charge in [0, 0.05) is 55.0 Å². The van der Waals surface area contributed by atoms with E-state index in [-0.39, 0.29) is 17.7 Å². The highest BCUT2D eigenvalue weighted by atomic mass is 16.2. The van der Waals surface area contributed by atoms with Gasteiger partial charge in [-0.05, 0) is 90.9 Å². The number of aromatic amines is 3. The van der Waals surface area contributed by atoms with Gasteiger partial charge in [-0.25, -0.2) is 0 Å². The number of aryl methyl sites for hydroxylation is 3. The summed E-state index contributed by atoms with van der Waals surface area (Å²) in [7, 11) is 0. The van der Waals surface area contributed by atoms with E-state index in [0.717, 1.165) is 88.4 Å². The monoisotopic (exact) mass is 876 g/mol. The molecule has 67 heavy (non-hydrogen) atoms. The molecule has 9 heteroatoms. The molecule has 3 heterocycles. The first-order valence-corrected chi connectivity index (χ1v) is 22.0. The fraction of sp³-hybridized carbons (Fsp3) is 0.0517. The highest BCUT2D eigenvalue weighted by Gasteiger charge is 2.15. The number of amides is 3. The maximum atomic E-state index is 12.6. The molecule has 0 unspecified atom stereocenters. The van der Waals surface area contributed by atoms with Crippen LogP contribution in [-0.4, -0.2) is 32.7 Å². The van der Waals surface area contributed by atoms with Crippen molar-refractivity contribution in [2.24, 2.45) is 0 Å². The summed E-state index contributed by atoms with van der Waals surface area (Å²) in [5.74, 6) is -0.381. The van der Waals surface area contributed by atoms with E-state index in [1.807, 2.05) is 215 Å². The number of nitrogens with one attached hydrogen (secondary N) is 6. The largest absolute Gasteiger partial charge is 0.351 e. The first-order valence-electron chi connectivity index (χ1n) is 22.0. The summed E-state index contributed by atoms with van der Waals surface area (Å²) >= 11 is 0. The van der Waals surface area contributed by atoms with Crippen molar-refractivity contribution in [1.82, 2.24) is 15.0 Å². The van der Waals surface area contributed by atoms with Crippen molar-refractivity contribution < 1.29 is 14.4 Å². The molecule has 9 nitrogen and oxygen atoms in total. The standard InChI is InChI=1S/C21H16N2O.C20H16N2O.C17H16N2O/c24-21(20-14-16-10-4-6-12-18(16)22-20)23-19-13-7-5-11-17(19)15-8-2-1-3-9-15;1-13-10-11-14-6-2-4-8-16(14)19(13)22-20(23)18-12-15-7-3-5-9-17(15)21-18;1-11-6-5-7-12(2)16(11)19-17(20)15-10-13-8-3-4-9-14(13)18-15/h1-14,22H,(H,23,24);2-12,21H,1H3,(H,22,23);3-10,18H,1-2H3,(H,19,20). The molecule has 3 amide bonds. The Bertz CT molecular complexity index is 3440. The second-order valence-electron chi connectivity index (χ2n) is 16.3. The Kier molecular flexibility index (Phi) is 12.6. The lowest BCUT2D eigenvalue weighted by atomic mass is 10.0. The van der Waals surface area contributed by atoms with Crippen LogP contribution in [0.3, 0.4) is 0 Å². The minimum absolute atomic E-state index is 0.112. The Balaban J connectivity index is 0.000000127. The maximum absolute atomic E-state index is 12.6. The Morgan fingerprint density at radius 2 is 0.776 bits per heavy atom. The number of aromatic nitrogens is 3. The van der Waals surface area contributed by atoms with E-state index < -0.39 is 0 Å². The van der Waals surface area contributed by atoms with Crippen LogP contribution in [0.5, 0.6) is 0 Å². The van der Waals surface area contributed by atoms with Crippen LogP contribution in [0.25, 0.3) is 54.6 Å². The molecule has 0 saturated carbocycles. The lowest BCUT2D eigenvalue weighted by Crippen LogP contribution is -2.14. The van der Waals surface area contributed by atoms with Crippen molar-refractivity contribution in [3.05, 3.63) is 234 Å². The van der Waals surface area contributed by atoms with Crippen LogP contribution >= 0.6 is 0 Å². The van der Waals surface area contributed by atoms with Crippen molar-refractivity contribution >= 4 is 78.3 Å². The summed E-state index contributed by atoms with van der Waals surface area (Å²) in [6, 6.07) is 65.2. The number of fused-ring (bicyclic) bond motifs is 4. The fourth-order valence-corrected chi connectivity index (χ4v) is 8.16. The Labute approximate surface area is 387 Å². The molecule has 3 aromatic heterocycles. The Morgan fingerprint density at radius 1 is 0.358 bits per heavy atom. The molecule has 11 rings (SSSR count). The molecule has 0 aliphatic carbocycles. The van der Waals surface area contributed by atoms with Gasteiger partial charge in [0.2, 0.25) is 0 Å². The van der Waals surface area contributed by atoms with Gasteiger partial charge < -0.3 is 30.9 Å². The minimum atomic E-state index is -0.144. The lowest BCUT2D eigenvalue weighted by Gasteiger charge is -2.11. The summed E-state index contributed by atoms with van der Waals surface area (Å²) in [4.78, 5) is 47.1. The molecule has 0 aliphatic rings. The average molecular weight is 877 g/mol. The number of H-pyrrole nitrogens is 3. The number of benzene rings is 8. The molecule has 0 fully saturated rings. The molecule has 0 saturated heterocycles. The van der Waals surface area contributed by atoms with Crippen molar-refractivity contribution in [2.75, 3.05) is 16.0 Å². The van der Waals surface area contributed by atoms with Gasteiger partial charge in [-0.3, -0.25) is 14.4 Å². The van der Waals surface area contributed by atoms with Crippen molar-refractivity contribution in [1.29, 1.82) is 0 Å². The van der Waals surface area contributed by atoms with E-state index >= 15 is 0 Å². The third kappa shape index (κ3) is 9.77. The summed E-state index contributed by atoms with van der Waals surface area (Å²) in [5.41, 5.74) is 12.4. The molecule has 6 N–H and O–H groups in total. The summed E-state index contributed by atoms with van der Waals surface area (Å²) < 4.78 is 0. The summed E-state index contributed by atoms with van der Waals surface area (Å²) in [6.45, 7) is 5.99. The number of anilines is 3. The van der Waals surface area contributed by atoms with E-state index in [1.54, 1.807) is 0 Å². The molecular weight excluding hydrogens is 829 g/mol.